The smallest absolute Gasteiger partial charge is 0.276 e. The third-order valence-corrected chi connectivity index (χ3v) is 1.87. The summed E-state index contributed by atoms with van der Waals surface area (Å²) in [6.45, 7) is 5.08. The highest BCUT2D eigenvalue weighted by Gasteiger charge is 2.14. The lowest BCUT2D eigenvalue weighted by Crippen LogP contribution is -2.27. The van der Waals surface area contributed by atoms with Crippen LogP contribution in [0, 0.1) is 0 Å². The number of carbonyl (C=O) groups is 1. The summed E-state index contributed by atoms with van der Waals surface area (Å²) in [5.41, 5.74) is 5.68. The second kappa shape index (κ2) is 5.26. The van der Waals surface area contributed by atoms with Crippen molar-refractivity contribution in [3.63, 3.8) is 0 Å². The fourth-order valence-corrected chi connectivity index (χ4v) is 1.11. The van der Waals surface area contributed by atoms with E-state index in [-0.39, 0.29) is 5.91 Å². The molecule has 1 amide bonds. The molecule has 6 nitrogen and oxygen atoms in total. The van der Waals surface area contributed by atoms with Gasteiger partial charge in [0.1, 0.15) is 0 Å². The van der Waals surface area contributed by atoms with E-state index in [2.05, 4.69) is 16.9 Å². The van der Waals surface area contributed by atoms with E-state index in [9.17, 15) is 4.79 Å². The highest BCUT2D eigenvalue weighted by molar-refractivity contribution is 5.91. The van der Waals surface area contributed by atoms with E-state index in [0.29, 0.717) is 25.3 Å². The molecule has 0 atom stereocenters. The van der Waals surface area contributed by atoms with Gasteiger partial charge in [-0.05, 0) is 0 Å². The quantitative estimate of drug-likeness (QED) is 0.663. The van der Waals surface area contributed by atoms with Crippen molar-refractivity contribution in [3.8, 4) is 0 Å². The SMILES string of the molecule is C=CCN(C)C(=O)c1cn(CCN)nn1. The van der Waals surface area contributed by atoms with Crippen molar-refractivity contribution in [2.45, 2.75) is 6.54 Å². The minimum Gasteiger partial charge on any atom is -0.337 e. The van der Waals surface area contributed by atoms with Gasteiger partial charge in [0, 0.05) is 20.1 Å². The second-order valence-electron chi connectivity index (χ2n) is 3.13. The third-order valence-electron chi connectivity index (χ3n) is 1.87. The Kier molecular flexibility index (Phi) is 3.99. The summed E-state index contributed by atoms with van der Waals surface area (Å²) >= 11 is 0. The lowest BCUT2D eigenvalue weighted by atomic mass is 10.4. The van der Waals surface area contributed by atoms with Gasteiger partial charge in [0.15, 0.2) is 5.69 Å². The first-order chi connectivity index (χ1) is 7.19. The van der Waals surface area contributed by atoms with Gasteiger partial charge >= 0.3 is 0 Å². The van der Waals surface area contributed by atoms with Crippen LogP contribution in [0.2, 0.25) is 0 Å². The molecule has 0 aliphatic carbocycles. The minimum atomic E-state index is -0.168. The number of hydrogen-bond donors (Lipinski definition) is 1. The van der Waals surface area contributed by atoms with Crippen molar-refractivity contribution in [2.75, 3.05) is 20.1 Å². The number of amides is 1. The van der Waals surface area contributed by atoms with Crippen LogP contribution in [0.25, 0.3) is 0 Å². The molecule has 15 heavy (non-hydrogen) atoms. The monoisotopic (exact) mass is 209 g/mol. The third kappa shape index (κ3) is 2.88. The molecule has 1 heterocycles. The van der Waals surface area contributed by atoms with Crippen molar-refractivity contribution in [1.82, 2.24) is 19.9 Å². The maximum atomic E-state index is 11.7. The molecule has 6 heteroatoms. The Morgan fingerprint density at radius 1 is 1.80 bits per heavy atom. The molecular formula is C9H15N5O. The molecule has 1 rings (SSSR count). The molecular weight excluding hydrogens is 194 g/mol. The van der Waals surface area contributed by atoms with Crippen molar-refractivity contribution >= 4 is 5.91 Å². The standard InChI is InChI=1S/C9H15N5O/c1-3-5-13(2)9(15)8-7-14(6-4-10)12-11-8/h3,7H,1,4-6,10H2,2H3. The van der Waals surface area contributed by atoms with Crippen LogP contribution in [-0.2, 0) is 6.54 Å². The molecule has 2 N–H and O–H groups in total. The Bertz CT molecular complexity index is 346. The van der Waals surface area contributed by atoms with Crippen LogP contribution in [0.15, 0.2) is 18.9 Å². The van der Waals surface area contributed by atoms with Crippen LogP contribution in [0.1, 0.15) is 10.5 Å². The van der Waals surface area contributed by atoms with Crippen molar-refractivity contribution in [3.05, 3.63) is 24.5 Å². The minimum absolute atomic E-state index is 0.168. The largest absolute Gasteiger partial charge is 0.337 e. The summed E-state index contributed by atoms with van der Waals surface area (Å²) in [7, 11) is 1.69. The molecule has 0 unspecified atom stereocenters. The Labute approximate surface area is 88.4 Å². The van der Waals surface area contributed by atoms with Crippen molar-refractivity contribution in [1.29, 1.82) is 0 Å². The topological polar surface area (TPSA) is 77.0 Å². The summed E-state index contributed by atoms with van der Waals surface area (Å²) in [5, 5.41) is 7.55. The predicted molar refractivity (Wildman–Crippen MR) is 56.2 cm³/mol. The molecule has 0 saturated carbocycles. The number of hydrogen-bond acceptors (Lipinski definition) is 4. The zero-order chi connectivity index (χ0) is 11.3. The van der Waals surface area contributed by atoms with E-state index in [1.807, 2.05) is 0 Å². The fourth-order valence-electron chi connectivity index (χ4n) is 1.11. The number of aromatic nitrogens is 3. The first kappa shape index (κ1) is 11.4. The summed E-state index contributed by atoms with van der Waals surface area (Å²) < 4.78 is 1.55. The maximum Gasteiger partial charge on any atom is 0.276 e. The van der Waals surface area contributed by atoms with Gasteiger partial charge in [-0.2, -0.15) is 0 Å². The van der Waals surface area contributed by atoms with Crippen LogP contribution >= 0.6 is 0 Å². The predicted octanol–water partition coefficient (Wildman–Crippen LogP) is -0.505. The number of nitrogens with zero attached hydrogens (tertiary/aromatic N) is 4. The van der Waals surface area contributed by atoms with Gasteiger partial charge in [-0.25, -0.2) is 0 Å². The zero-order valence-electron chi connectivity index (χ0n) is 8.76. The van der Waals surface area contributed by atoms with Gasteiger partial charge in [-0.1, -0.05) is 11.3 Å². The van der Waals surface area contributed by atoms with Gasteiger partial charge < -0.3 is 10.6 Å². The average Bonchev–Trinajstić information content (AvgIpc) is 2.66. The molecule has 0 aliphatic heterocycles. The molecule has 0 aliphatic rings. The number of likely N-dealkylation sites (N-methyl/N-ethyl adjacent to an activating group) is 1. The summed E-state index contributed by atoms with van der Waals surface area (Å²) in [6, 6.07) is 0. The maximum absolute atomic E-state index is 11.7. The lowest BCUT2D eigenvalue weighted by molar-refractivity contribution is 0.0804. The second-order valence-corrected chi connectivity index (χ2v) is 3.13. The number of nitrogens with two attached hydrogens (primary N) is 1. The van der Waals surface area contributed by atoms with Crippen LogP contribution < -0.4 is 5.73 Å². The molecule has 0 aromatic carbocycles. The molecule has 0 fully saturated rings. The van der Waals surface area contributed by atoms with Crippen LogP contribution in [0.4, 0.5) is 0 Å². The van der Waals surface area contributed by atoms with Gasteiger partial charge in [0.25, 0.3) is 5.91 Å². The molecule has 0 spiro atoms. The van der Waals surface area contributed by atoms with E-state index < -0.39 is 0 Å². The summed E-state index contributed by atoms with van der Waals surface area (Å²) in [4.78, 5) is 13.2. The Morgan fingerprint density at radius 2 is 2.53 bits per heavy atom. The van der Waals surface area contributed by atoms with E-state index in [4.69, 9.17) is 5.73 Å². The molecule has 1 aromatic rings. The van der Waals surface area contributed by atoms with E-state index in [1.54, 1.807) is 24.0 Å². The van der Waals surface area contributed by atoms with E-state index in [1.165, 1.54) is 4.90 Å². The average molecular weight is 209 g/mol. The molecule has 0 saturated heterocycles. The van der Waals surface area contributed by atoms with Gasteiger partial charge in [0.05, 0.1) is 12.7 Å². The Hall–Kier alpha value is -1.69. The highest BCUT2D eigenvalue weighted by Crippen LogP contribution is 1.98. The van der Waals surface area contributed by atoms with Crippen molar-refractivity contribution < 1.29 is 4.79 Å². The van der Waals surface area contributed by atoms with Crippen molar-refractivity contribution in [2.24, 2.45) is 5.73 Å². The van der Waals surface area contributed by atoms with Crippen LogP contribution in [0.5, 0.6) is 0 Å². The van der Waals surface area contributed by atoms with Crippen LogP contribution in [0.3, 0.4) is 0 Å². The van der Waals surface area contributed by atoms with E-state index >= 15 is 0 Å². The summed E-state index contributed by atoms with van der Waals surface area (Å²) in [5.74, 6) is -0.168. The summed E-state index contributed by atoms with van der Waals surface area (Å²) in [6.07, 6.45) is 3.25. The van der Waals surface area contributed by atoms with Gasteiger partial charge in [-0.15, -0.1) is 11.7 Å². The first-order valence-electron chi connectivity index (χ1n) is 4.65. The molecule has 0 bridgehead atoms. The number of rotatable bonds is 5. The molecule has 0 radical (unpaired) electrons. The van der Waals surface area contributed by atoms with Gasteiger partial charge in [-0.3, -0.25) is 9.48 Å². The first-order valence-corrected chi connectivity index (χ1v) is 4.65. The Balaban J connectivity index is 2.69. The zero-order valence-corrected chi connectivity index (χ0v) is 8.76. The molecule has 82 valence electrons. The Morgan fingerprint density at radius 3 is 3.13 bits per heavy atom. The number of carbonyl (C=O) groups excluding carboxylic acids is 1. The molecule has 1 aromatic heterocycles. The normalized spacial score (nSPS) is 10.0. The fraction of sp³-hybridized carbons (Fsp3) is 0.444. The lowest BCUT2D eigenvalue weighted by Gasteiger charge is -2.11. The highest BCUT2D eigenvalue weighted by atomic mass is 16.2. The van der Waals surface area contributed by atoms with E-state index in [0.717, 1.165) is 0 Å². The van der Waals surface area contributed by atoms with Gasteiger partial charge in [0.2, 0.25) is 0 Å². The van der Waals surface area contributed by atoms with Crippen LogP contribution in [-0.4, -0.2) is 45.9 Å².